The molecular weight excluding hydrogens is 338 g/mol. The van der Waals surface area contributed by atoms with Crippen molar-refractivity contribution in [1.29, 1.82) is 0 Å². The van der Waals surface area contributed by atoms with E-state index in [1.807, 2.05) is 25.5 Å². The van der Waals surface area contributed by atoms with Gasteiger partial charge in [0.15, 0.2) is 0 Å². The van der Waals surface area contributed by atoms with Crippen LogP contribution in [0.15, 0.2) is 24.7 Å². The van der Waals surface area contributed by atoms with Crippen LogP contribution < -0.4 is 10.2 Å². The second-order valence-electron chi connectivity index (χ2n) is 6.80. The summed E-state index contributed by atoms with van der Waals surface area (Å²) in [5.41, 5.74) is 3.34. The minimum Gasteiger partial charge on any atom is -0.381 e. The zero-order valence-electron chi connectivity index (χ0n) is 14.5. The van der Waals surface area contributed by atoms with Crippen molar-refractivity contribution in [3.05, 3.63) is 29.8 Å². The van der Waals surface area contributed by atoms with Crippen molar-refractivity contribution in [3.63, 3.8) is 0 Å². The maximum absolute atomic E-state index is 6.19. The molecule has 0 spiro atoms. The van der Waals surface area contributed by atoms with Gasteiger partial charge < -0.3 is 15.0 Å². The Kier molecular flexibility index (Phi) is 4.92. The second kappa shape index (κ2) is 7.32. The number of aromatic nitrogens is 3. The molecule has 0 saturated carbocycles. The largest absolute Gasteiger partial charge is 0.381 e. The molecule has 25 heavy (non-hydrogen) atoms. The van der Waals surface area contributed by atoms with Gasteiger partial charge in [0.2, 0.25) is 0 Å². The molecule has 2 aliphatic rings. The van der Waals surface area contributed by atoms with Crippen LogP contribution >= 0.6 is 11.6 Å². The molecule has 2 aromatic heterocycles. The lowest BCUT2D eigenvalue weighted by Crippen LogP contribution is -2.29. The Bertz CT molecular complexity index is 728. The van der Waals surface area contributed by atoms with Crippen molar-refractivity contribution in [2.45, 2.75) is 31.3 Å². The first-order valence-corrected chi connectivity index (χ1v) is 9.32. The van der Waals surface area contributed by atoms with Gasteiger partial charge in [-0.3, -0.25) is 4.68 Å². The molecule has 2 fully saturated rings. The smallest absolute Gasteiger partial charge is 0.131 e. The number of likely N-dealkylation sites (N-methyl/N-ethyl adjacent to an activating group) is 1. The average Bonchev–Trinajstić information content (AvgIpc) is 3.32. The van der Waals surface area contributed by atoms with E-state index in [1.54, 1.807) is 0 Å². The molecule has 1 N–H and O–H groups in total. The summed E-state index contributed by atoms with van der Waals surface area (Å²) in [7, 11) is 2.02. The number of nitrogens with zero attached hydrogens (tertiary/aromatic N) is 4. The molecular formula is C18H24ClN5O. The highest BCUT2D eigenvalue weighted by Crippen LogP contribution is 2.34. The zero-order chi connectivity index (χ0) is 17.2. The van der Waals surface area contributed by atoms with Crippen molar-refractivity contribution < 1.29 is 4.74 Å². The van der Waals surface area contributed by atoms with E-state index in [1.165, 1.54) is 0 Å². The number of hydrogen-bond donors (Lipinski definition) is 1. The molecule has 134 valence electrons. The van der Waals surface area contributed by atoms with Crippen LogP contribution in [-0.4, -0.2) is 54.2 Å². The maximum Gasteiger partial charge on any atom is 0.131 e. The lowest BCUT2D eigenvalue weighted by Gasteiger charge is -2.23. The number of halogens is 1. The molecule has 7 heteroatoms. The number of hydrogen-bond acceptors (Lipinski definition) is 5. The Labute approximate surface area is 153 Å². The molecule has 0 bridgehead atoms. The SMILES string of the molecule is CN[C@H]1CCN(c2cc(Cl)ncc2-c2cnn(C3CCOCC3)c2)C1. The Morgan fingerprint density at radius 3 is 2.84 bits per heavy atom. The van der Waals surface area contributed by atoms with Gasteiger partial charge in [-0.2, -0.15) is 5.10 Å². The molecule has 0 amide bonds. The Morgan fingerprint density at radius 2 is 2.08 bits per heavy atom. The lowest BCUT2D eigenvalue weighted by molar-refractivity contribution is 0.0662. The van der Waals surface area contributed by atoms with E-state index >= 15 is 0 Å². The van der Waals surface area contributed by atoms with Crippen LogP contribution in [0, 0.1) is 0 Å². The molecule has 4 heterocycles. The van der Waals surface area contributed by atoms with Gasteiger partial charge in [0.1, 0.15) is 5.15 Å². The monoisotopic (exact) mass is 361 g/mol. The van der Waals surface area contributed by atoms with E-state index in [2.05, 4.69) is 31.2 Å². The molecule has 0 aromatic carbocycles. The molecule has 2 aromatic rings. The van der Waals surface area contributed by atoms with E-state index < -0.39 is 0 Å². The summed E-state index contributed by atoms with van der Waals surface area (Å²) in [6.45, 7) is 3.63. The predicted octanol–water partition coefficient (Wildman–Crippen LogP) is 2.75. The molecule has 0 radical (unpaired) electrons. The second-order valence-corrected chi connectivity index (χ2v) is 7.18. The number of nitrogens with one attached hydrogen (secondary N) is 1. The van der Waals surface area contributed by atoms with Gasteiger partial charge in [0.25, 0.3) is 0 Å². The standard InChI is InChI=1S/C18H24ClN5O/c1-20-14-2-5-23(12-14)17-8-18(19)21-10-16(17)13-9-22-24(11-13)15-3-6-25-7-4-15/h8-11,14-15,20H,2-7,12H2,1H3/t14-/m0/s1. The third kappa shape index (κ3) is 3.52. The quantitative estimate of drug-likeness (QED) is 0.848. The first-order valence-electron chi connectivity index (χ1n) is 8.94. The third-order valence-corrected chi connectivity index (χ3v) is 5.47. The molecule has 1 atom stereocenters. The summed E-state index contributed by atoms with van der Waals surface area (Å²) in [6, 6.07) is 2.91. The number of ether oxygens (including phenoxy) is 1. The number of anilines is 1. The number of rotatable bonds is 4. The van der Waals surface area contributed by atoms with Crippen molar-refractivity contribution in [3.8, 4) is 11.1 Å². The van der Waals surface area contributed by atoms with Gasteiger partial charge in [-0.25, -0.2) is 4.98 Å². The predicted molar refractivity (Wildman–Crippen MR) is 99.2 cm³/mol. The molecule has 0 aliphatic carbocycles. The highest BCUT2D eigenvalue weighted by molar-refractivity contribution is 6.29. The van der Waals surface area contributed by atoms with Gasteiger partial charge in [0, 0.05) is 61.6 Å². The summed E-state index contributed by atoms with van der Waals surface area (Å²) in [5, 5.41) is 8.50. The van der Waals surface area contributed by atoms with Crippen molar-refractivity contribution in [2.24, 2.45) is 0 Å². The molecule has 4 rings (SSSR count). The average molecular weight is 362 g/mol. The van der Waals surface area contributed by atoms with Crippen LogP contribution in [0.2, 0.25) is 5.15 Å². The van der Waals surface area contributed by atoms with Gasteiger partial charge in [-0.15, -0.1) is 0 Å². The van der Waals surface area contributed by atoms with Crippen molar-refractivity contribution >= 4 is 17.3 Å². The van der Waals surface area contributed by atoms with Crippen LogP contribution in [0.3, 0.4) is 0 Å². The fraction of sp³-hybridized carbons (Fsp3) is 0.556. The molecule has 6 nitrogen and oxygen atoms in total. The van der Waals surface area contributed by atoms with E-state index in [9.17, 15) is 0 Å². The maximum atomic E-state index is 6.19. The van der Waals surface area contributed by atoms with Crippen LogP contribution in [0.25, 0.3) is 11.1 Å². The van der Waals surface area contributed by atoms with Crippen molar-refractivity contribution in [1.82, 2.24) is 20.1 Å². The summed E-state index contributed by atoms with van der Waals surface area (Å²) in [4.78, 5) is 6.70. The normalized spacial score (nSPS) is 21.8. The minimum atomic E-state index is 0.423. The van der Waals surface area contributed by atoms with E-state index in [4.69, 9.17) is 16.3 Å². The van der Waals surface area contributed by atoms with Gasteiger partial charge in [-0.1, -0.05) is 11.6 Å². The fourth-order valence-corrected chi connectivity index (χ4v) is 3.90. The van der Waals surface area contributed by atoms with Gasteiger partial charge in [-0.05, 0) is 32.4 Å². The van der Waals surface area contributed by atoms with Gasteiger partial charge in [0.05, 0.1) is 12.2 Å². The molecule has 2 aliphatic heterocycles. The molecule has 0 unspecified atom stereocenters. The van der Waals surface area contributed by atoms with Crippen molar-refractivity contribution in [2.75, 3.05) is 38.3 Å². The van der Waals surface area contributed by atoms with Crippen LogP contribution in [0.1, 0.15) is 25.3 Å². The first-order chi connectivity index (χ1) is 12.2. The summed E-state index contributed by atoms with van der Waals surface area (Å²) in [6.07, 6.45) is 9.12. The Balaban J connectivity index is 1.63. The van der Waals surface area contributed by atoms with E-state index in [0.29, 0.717) is 17.2 Å². The summed E-state index contributed by atoms with van der Waals surface area (Å²) >= 11 is 6.19. The Hall–Kier alpha value is -1.63. The first kappa shape index (κ1) is 16.8. The van der Waals surface area contributed by atoms with E-state index in [0.717, 1.165) is 62.4 Å². The summed E-state index contributed by atoms with van der Waals surface area (Å²) in [5.74, 6) is 0. The highest BCUT2D eigenvalue weighted by atomic mass is 35.5. The molecule has 2 saturated heterocycles. The summed E-state index contributed by atoms with van der Waals surface area (Å²) < 4.78 is 7.53. The minimum absolute atomic E-state index is 0.423. The van der Waals surface area contributed by atoms with Crippen LogP contribution in [-0.2, 0) is 4.74 Å². The Morgan fingerprint density at radius 1 is 1.24 bits per heavy atom. The third-order valence-electron chi connectivity index (χ3n) is 5.26. The fourth-order valence-electron chi connectivity index (χ4n) is 3.75. The number of pyridine rings is 1. The topological polar surface area (TPSA) is 55.2 Å². The van der Waals surface area contributed by atoms with Gasteiger partial charge >= 0.3 is 0 Å². The lowest BCUT2D eigenvalue weighted by atomic mass is 10.1. The van der Waals surface area contributed by atoms with E-state index in [-0.39, 0.29) is 0 Å². The highest BCUT2D eigenvalue weighted by Gasteiger charge is 2.25. The van der Waals surface area contributed by atoms with Crippen LogP contribution in [0.5, 0.6) is 0 Å². The zero-order valence-corrected chi connectivity index (χ0v) is 15.2. The van der Waals surface area contributed by atoms with Crippen LogP contribution in [0.4, 0.5) is 5.69 Å².